The minimum Gasteiger partial charge on any atom is -0.317 e. The van der Waals surface area contributed by atoms with Gasteiger partial charge in [-0.15, -0.1) is 0 Å². The largest absolute Gasteiger partial charge is 0.317 e. The number of piperidine rings is 1. The molecule has 3 rings (SSSR count). The summed E-state index contributed by atoms with van der Waals surface area (Å²) in [4.78, 5) is 5.42. The summed E-state index contributed by atoms with van der Waals surface area (Å²) in [5.41, 5.74) is 0. The molecular weight excluding hydrogens is 210 g/mol. The molecule has 0 aliphatic carbocycles. The van der Waals surface area contributed by atoms with E-state index in [2.05, 4.69) is 22.2 Å². The molecule has 3 aliphatic rings. The van der Waals surface area contributed by atoms with Gasteiger partial charge < -0.3 is 10.2 Å². The van der Waals surface area contributed by atoms with Crippen LogP contribution in [0.3, 0.4) is 0 Å². The monoisotopic (exact) mass is 237 g/mol. The molecule has 2 atom stereocenters. The van der Waals surface area contributed by atoms with Gasteiger partial charge in [-0.1, -0.05) is 0 Å². The van der Waals surface area contributed by atoms with Gasteiger partial charge in [-0.2, -0.15) is 0 Å². The molecule has 3 heteroatoms. The standard InChI is InChI=1S/C14H27N3/c1-16-13-2-3-14(16)11-17(9-6-13)10-12-4-7-15-8-5-12/h12-15H,2-11H2,1H3. The topological polar surface area (TPSA) is 18.5 Å². The summed E-state index contributed by atoms with van der Waals surface area (Å²) in [5, 5.41) is 3.47. The van der Waals surface area contributed by atoms with Crippen molar-refractivity contribution < 1.29 is 0 Å². The molecule has 3 nitrogen and oxygen atoms in total. The summed E-state index contributed by atoms with van der Waals surface area (Å²) in [5.74, 6) is 0.957. The van der Waals surface area contributed by atoms with E-state index in [1.165, 1.54) is 64.8 Å². The molecule has 17 heavy (non-hydrogen) atoms. The van der Waals surface area contributed by atoms with E-state index in [0.717, 1.165) is 18.0 Å². The zero-order chi connectivity index (χ0) is 11.7. The summed E-state index contributed by atoms with van der Waals surface area (Å²) < 4.78 is 0. The SMILES string of the molecule is CN1C2CCC1CN(CC1CCNCC1)CC2. The minimum atomic E-state index is 0.851. The van der Waals surface area contributed by atoms with E-state index >= 15 is 0 Å². The van der Waals surface area contributed by atoms with Crippen LogP contribution in [0.5, 0.6) is 0 Å². The maximum Gasteiger partial charge on any atom is 0.0223 e. The van der Waals surface area contributed by atoms with Gasteiger partial charge in [0.1, 0.15) is 0 Å². The van der Waals surface area contributed by atoms with Gasteiger partial charge in [-0.25, -0.2) is 0 Å². The van der Waals surface area contributed by atoms with Crippen molar-refractivity contribution in [2.24, 2.45) is 5.92 Å². The molecular formula is C14H27N3. The van der Waals surface area contributed by atoms with Gasteiger partial charge in [0.05, 0.1) is 0 Å². The van der Waals surface area contributed by atoms with Gasteiger partial charge in [0.25, 0.3) is 0 Å². The van der Waals surface area contributed by atoms with Crippen LogP contribution in [0.2, 0.25) is 0 Å². The zero-order valence-corrected chi connectivity index (χ0v) is 11.2. The third-order valence-corrected chi connectivity index (χ3v) is 5.21. The molecule has 0 spiro atoms. The zero-order valence-electron chi connectivity index (χ0n) is 11.2. The number of nitrogens with one attached hydrogen (secondary N) is 1. The molecule has 3 heterocycles. The predicted octanol–water partition coefficient (Wildman–Crippen LogP) is 1.15. The first kappa shape index (κ1) is 11.9. The lowest BCUT2D eigenvalue weighted by Crippen LogP contribution is -2.40. The van der Waals surface area contributed by atoms with Crippen molar-refractivity contribution in [1.82, 2.24) is 15.1 Å². The first-order chi connectivity index (χ1) is 8.33. The molecule has 3 aliphatic heterocycles. The predicted molar refractivity (Wildman–Crippen MR) is 71.2 cm³/mol. The molecule has 2 bridgehead atoms. The van der Waals surface area contributed by atoms with Crippen LogP contribution < -0.4 is 5.32 Å². The van der Waals surface area contributed by atoms with Crippen LogP contribution in [0.1, 0.15) is 32.1 Å². The van der Waals surface area contributed by atoms with E-state index in [9.17, 15) is 0 Å². The lowest BCUT2D eigenvalue weighted by molar-refractivity contribution is 0.183. The van der Waals surface area contributed by atoms with Crippen molar-refractivity contribution in [2.75, 3.05) is 39.8 Å². The second-order valence-corrected chi connectivity index (χ2v) is 6.29. The summed E-state index contributed by atoms with van der Waals surface area (Å²) in [6.07, 6.45) is 7.06. The fraction of sp³-hybridized carbons (Fsp3) is 1.00. The van der Waals surface area contributed by atoms with Crippen LogP contribution in [-0.4, -0.2) is 61.7 Å². The average Bonchev–Trinajstić information content (AvgIpc) is 2.59. The number of nitrogens with zero attached hydrogens (tertiary/aromatic N) is 2. The number of fused-ring (bicyclic) bond motifs is 2. The van der Waals surface area contributed by atoms with Gasteiger partial charge in [-0.3, -0.25) is 4.90 Å². The van der Waals surface area contributed by atoms with Gasteiger partial charge in [0.2, 0.25) is 0 Å². The molecule has 0 amide bonds. The van der Waals surface area contributed by atoms with Crippen molar-refractivity contribution in [3.05, 3.63) is 0 Å². The Morgan fingerprint density at radius 3 is 2.59 bits per heavy atom. The highest BCUT2D eigenvalue weighted by molar-refractivity contribution is 4.91. The van der Waals surface area contributed by atoms with E-state index in [1.54, 1.807) is 0 Å². The number of likely N-dealkylation sites (tertiary alicyclic amines) is 1. The molecule has 0 saturated carbocycles. The third-order valence-electron chi connectivity index (χ3n) is 5.21. The maximum atomic E-state index is 3.47. The lowest BCUT2D eigenvalue weighted by atomic mass is 9.97. The first-order valence-corrected chi connectivity index (χ1v) is 7.48. The van der Waals surface area contributed by atoms with E-state index in [0.29, 0.717) is 0 Å². The first-order valence-electron chi connectivity index (χ1n) is 7.48. The van der Waals surface area contributed by atoms with Crippen LogP contribution in [0.4, 0.5) is 0 Å². The van der Waals surface area contributed by atoms with Crippen molar-refractivity contribution in [1.29, 1.82) is 0 Å². The van der Waals surface area contributed by atoms with Crippen LogP contribution in [0.25, 0.3) is 0 Å². The van der Waals surface area contributed by atoms with Crippen molar-refractivity contribution >= 4 is 0 Å². The highest BCUT2D eigenvalue weighted by Crippen LogP contribution is 2.29. The Labute approximate surface area is 106 Å². The second kappa shape index (κ2) is 5.25. The van der Waals surface area contributed by atoms with Gasteiger partial charge in [0.15, 0.2) is 0 Å². The van der Waals surface area contributed by atoms with Gasteiger partial charge in [-0.05, 0) is 64.7 Å². The highest BCUT2D eigenvalue weighted by atomic mass is 15.3. The number of hydrogen-bond donors (Lipinski definition) is 1. The quantitative estimate of drug-likeness (QED) is 0.777. The highest BCUT2D eigenvalue weighted by Gasteiger charge is 2.34. The van der Waals surface area contributed by atoms with E-state index in [-0.39, 0.29) is 0 Å². The Kier molecular flexibility index (Phi) is 3.69. The molecule has 0 aromatic rings. The fourth-order valence-electron chi connectivity index (χ4n) is 3.97. The third kappa shape index (κ3) is 2.67. The van der Waals surface area contributed by atoms with Crippen molar-refractivity contribution in [3.8, 4) is 0 Å². The summed E-state index contributed by atoms with van der Waals surface area (Å²) in [6, 6.07) is 1.74. The van der Waals surface area contributed by atoms with Crippen LogP contribution in [0.15, 0.2) is 0 Å². The second-order valence-electron chi connectivity index (χ2n) is 6.29. The van der Waals surface area contributed by atoms with Crippen LogP contribution >= 0.6 is 0 Å². The Morgan fingerprint density at radius 2 is 1.76 bits per heavy atom. The number of likely N-dealkylation sites (N-methyl/N-ethyl adjacent to an activating group) is 1. The number of rotatable bonds is 2. The molecule has 98 valence electrons. The average molecular weight is 237 g/mol. The Bertz CT molecular complexity index is 250. The lowest BCUT2D eigenvalue weighted by Gasteiger charge is -2.31. The molecule has 2 unspecified atom stereocenters. The minimum absolute atomic E-state index is 0.851. The molecule has 1 N–H and O–H groups in total. The smallest absolute Gasteiger partial charge is 0.0223 e. The Balaban J connectivity index is 1.54. The normalized spacial score (nSPS) is 37.2. The Morgan fingerprint density at radius 1 is 1.00 bits per heavy atom. The molecule has 3 fully saturated rings. The fourth-order valence-corrected chi connectivity index (χ4v) is 3.97. The summed E-state index contributed by atoms with van der Waals surface area (Å²) in [6.45, 7) is 6.51. The summed E-state index contributed by atoms with van der Waals surface area (Å²) in [7, 11) is 2.34. The molecule has 0 aromatic carbocycles. The van der Waals surface area contributed by atoms with Crippen molar-refractivity contribution in [3.63, 3.8) is 0 Å². The molecule has 0 aromatic heterocycles. The van der Waals surface area contributed by atoms with E-state index in [1.807, 2.05) is 0 Å². The molecule has 3 saturated heterocycles. The van der Waals surface area contributed by atoms with Gasteiger partial charge in [0, 0.05) is 25.2 Å². The van der Waals surface area contributed by atoms with Crippen LogP contribution in [0, 0.1) is 5.92 Å². The Hall–Kier alpha value is -0.120. The number of hydrogen-bond acceptors (Lipinski definition) is 3. The van der Waals surface area contributed by atoms with Crippen molar-refractivity contribution in [2.45, 2.75) is 44.2 Å². The molecule has 0 radical (unpaired) electrons. The maximum absolute atomic E-state index is 3.47. The van der Waals surface area contributed by atoms with Crippen LogP contribution in [-0.2, 0) is 0 Å². The van der Waals surface area contributed by atoms with Gasteiger partial charge >= 0.3 is 0 Å². The van der Waals surface area contributed by atoms with E-state index in [4.69, 9.17) is 0 Å². The summed E-state index contributed by atoms with van der Waals surface area (Å²) >= 11 is 0. The van der Waals surface area contributed by atoms with E-state index < -0.39 is 0 Å².